The largest absolute Gasteiger partial charge is 0.497 e. The molecule has 1 unspecified atom stereocenters. The lowest BCUT2D eigenvalue weighted by Gasteiger charge is -2.51. The van der Waals surface area contributed by atoms with Gasteiger partial charge in [-0.25, -0.2) is 0 Å². The summed E-state index contributed by atoms with van der Waals surface area (Å²) in [6.07, 6.45) is 2.40. The molecule has 1 aliphatic heterocycles. The molecular weight excluding hydrogens is 370 g/mol. The molecule has 0 saturated carbocycles. The molecule has 1 N–H and O–H groups in total. The van der Waals surface area contributed by atoms with Gasteiger partial charge >= 0.3 is 0 Å². The summed E-state index contributed by atoms with van der Waals surface area (Å²) in [5.41, 5.74) is -0.461. The number of likely N-dealkylation sites (tertiary alicyclic amines) is 1. The summed E-state index contributed by atoms with van der Waals surface area (Å²) in [7, 11) is -0.495. The third-order valence-electron chi connectivity index (χ3n) is 6.09. The maximum atomic E-state index is 12.8. The lowest BCUT2D eigenvalue weighted by atomic mass is 9.91. The van der Waals surface area contributed by atoms with Crippen LogP contribution >= 0.6 is 0 Å². The number of hydrogen-bond donors (Lipinski definition) is 1. The maximum absolute atomic E-state index is 12.8. The second kappa shape index (κ2) is 8.39. The molecule has 5 nitrogen and oxygen atoms in total. The molecule has 0 spiro atoms. The van der Waals surface area contributed by atoms with Crippen LogP contribution in [0.3, 0.4) is 0 Å². The van der Waals surface area contributed by atoms with E-state index < -0.39 is 20.1 Å². The normalized spacial score (nSPS) is 23.6. The summed E-state index contributed by atoms with van der Waals surface area (Å²) in [4.78, 5) is 14.4. The second-order valence-corrected chi connectivity index (χ2v) is 13.9. The number of benzene rings is 1. The molecule has 1 heterocycles. The Hall–Kier alpha value is -1.63. The van der Waals surface area contributed by atoms with Crippen LogP contribution in [0.5, 0.6) is 5.75 Å². The smallest absolute Gasteiger partial charge is 0.225 e. The molecule has 1 aromatic rings. The lowest BCUT2D eigenvalue weighted by molar-refractivity contribution is -0.203. The molecule has 1 saturated heterocycles. The molecule has 6 heteroatoms. The maximum Gasteiger partial charge on any atom is 0.225 e. The Morgan fingerprint density at radius 1 is 1.32 bits per heavy atom. The standard InChI is InChI=1S/C22H35NO4Si/c1-8-15-22(25)19(27-28(6,7)21(2,3)4)13-14-20(24)23(22)16-17-9-11-18(26-5)12-10-17/h8-12,19,25H,1,13-16H2,2-7H3/t19-,22?/m0/s1. The van der Waals surface area contributed by atoms with Crippen LogP contribution in [0.4, 0.5) is 0 Å². The fraction of sp³-hybridized carbons (Fsp3) is 0.591. The van der Waals surface area contributed by atoms with Gasteiger partial charge in [-0.2, -0.15) is 0 Å². The van der Waals surface area contributed by atoms with E-state index in [0.29, 0.717) is 19.4 Å². The highest BCUT2D eigenvalue weighted by atomic mass is 28.4. The van der Waals surface area contributed by atoms with Crippen molar-refractivity contribution in [2.24, 2.45) is 0 Å². The first-order chi connectivity index (χ1) is 12.9. The van der Waals surface area contributed by atoms with Crippen molar-refractivity contribution in [1.29, 1.82) is 0 Å². The van der Waals surface area contributed by atoms with Gasteiger partial charge in [0.2, 0.25) is 5.91 Å². The number of methoxy groups -OCH3 is 1. The number of aliphatic hydroxyl groups is 1. The fourth-order valence-corrected chi connectivity index (χ4v) is 4.66. The van der Waals surface area contributed by atoms with E-state index in [1.54, 1.807) is 18.1 Å². The fourth-order valence-electron chi connectivity index (χ4n) is 3.29. The first kappa shape index (κ1) is 22.7. The van der Waals surface area contributed by atoms with Crippen molar-refractivity contribution in [1.82, 2.24) is 4.90 Å². The molecule has 2 atom stereocenters. The predicted molar refractivity (Wildman–Crippen MR) is 115 cm³/mol. The van der Waals surface area contributed by atoms with Crippen molar-refractivity contribution in [2.45, 2.75) is 76.5 Å². The van der Waals surface area contributed by atoms with E-state index in [9.17, 15) is 9.90 Å². The Kier molecular flexibility index (Phi) is 6.79. The van der Waals surface area contributed by atoms with Crippen LogP contribution in [-0.4, -0.2) is 43.2 Å². The zero-order chi connectivity index (χ0) is 21.2. The minimum Gasteiger partial charge on any atom is -0.497 e. The molecule has 28 heavy (non-hydrogen) atoms. The van der Waals surface area contributed by atoms with E-state index in [-0.39, 0.29) is 17.4 Å². The molecule has 1 aliphatic rings. The zero-order valence-corrected chi connectivity index (χ0v) is 19.1. The molecule has 0 aliphatic carbocycles. The highest BCUT2D eigenvalue weighted by Gasteiger charge is 2.51. The van der Waals surface area contributed by atoms with E-state index in [1.165, 1.54) is 0 Å². The van der Waals surface area contributed by atoms with Gasteiger partial charge in [0, 0.05) is 19.4 Å². The van der Waals surface area contributed by atoms with Crippen molar-refractivity contribution in [3.8, 4) is 5.75 Å². The molecule has 0 aromatic heterocycles. The van der Waals surface area contributed by atoms with Gasteiger partial charge in [0.05, 0.1) is 13.2 Å². The number of piperidine rings is 1. The predicted octanol–water partition coefficient (Wildman–Crippen LogP) is 4.47. The Labute approximate surface area is 170 Å². The highest BCUT2D eigenvalue weighted by molar-refractivity contribution is 6.74. The number of hydrogen-bond acceptors (Lipinski definition) is 4. The lowest BCUT2D eigenvalue weighted by Crippen LogP contribution is -2.64. The Balaban J connectivity index is 2.33. The van der Waals surface area contributed by atoms with Gasteiger partial charge in [0.1, 0.15) is 5.75 Å². The molecule has 2 rings (SSSR count). The number of carbonyl (C=O) groups is 1. The number of nitrogens with zero attached hydrogens (tertiary/aromatic N) is 1. The summed E-state index contributed by atoms with van der Waals surface area (Å²) in [6.45, 7) is 15.0. The van der Waals surface area contributed by atoms with Crippen LogP contribution in [0, 0.1) is 0 Å². The van der Waals surface area contributed by atoms with Gasteiger partial charge in [-0.15, -0.1) is 6.58 Å². The van der Waals surface area contributed by atoms with E-state index in [0.717, 1.165) is 11.3 Å². The van der Waals surface area contributed by atoms with Gasteiger partial charge in [-0.05, 0) is 42.2 Å². The molecule has 156 valence electrons. The van der Waals surface area contributed by atoms with Crippen molar-refractivity contribution < 1.29 is 19.1 Å². The SMILES string of the molecule is C=CCC1(O)[C@@H](O[Si](C)(C)C(C)(C)C)CCC(=O)N1Cc1ccc(OC)cc1. The van der Waals surface area contributed by atoms with Crippen LogP contribution < -0.4 is 4.74 Å². The van der Waals surface area contributed by atoms with Crippen molar-refractivity contribution in [3.05, 3.63) is 42.5 Å². The third-order valence-corrected chi connectivity index (χ3v) is 10.6. The highest BCUT2D eigenvalue weighted by Crippen LogP contribution is 2.42. The Morgan fingerprint density at radius 3 is 2.43 bits per heavy atom. The van der Waals surface area contributed by atoms with E-state index in [2.05, 4.69) is 40.4 Å². The van der Waals surface area contributed by atoms with Crippen LogP contribution in [0.15, 0.2) is 36.9 Å². The first-order valence-electron chi connectivity index (χ1n) is 9.89. The molecule has 1 aromatic carbocycles. The monoisotopic (exact) mass is 405 g/mol. The molecule has 0 bridgehead atoms. The first-order valence-corrected chi connectivity index (χ1v) is 12.8. The molecular formula is C22H35NO4Si. The van der Waals surface area contributed by atoms with Crippen molar-refractivity contribution >= 4 is 14.2 Å². The van der Waals surface area contributed by atoms with Gasteiger partial charge in [-0.3, -0.25) is 4.79 Å². The molecule has 1 amide bonds. The topological polar surface area (TPSA) is 59.0 Å². The Bertz CT molecular complexity index is 695. The average molecular weight is 406 g/mol. The van der Waals surface area contributed by atoms with Crippen LogP contribution in [-0.2, 0) is 15.8 Å². The van der Waals surface area contributed by atoms with Gasteiger partial charge < -0.3 is 19.2 Å². The molecule has 0 radical (unpaired) electrons. The second-order valence-electron chi connectivity index (χ2n) is 9.10. The van der Waals surface area contributed by atoms with E-state index in [4.69, 9.17) is 9.16 Å². The summed E-state index contributed by atoms with van der Waals surface area (Å²) in [5.74, 6) is 0.699. The van der Waals surface area contributed by atoms with E-state index in [1.807, 2.05) is 24.3 Å². The van der Waals surface area contributed by atoms with Crippen molar-refractivity contribution in [2.75, 3.05) is 7.11 Å². The number of amides is 1. The minimum atomic E-state index is -2.11. The Morgan fingerprint density at radius 2 is 1.93 bits per heavy atom. The summed E-state index contributed by atoms with van der Waals surface area (Å²) in [5, 5.41) is 11.7. The number of carbonyl (C=O) groups excluding carboxylic acids is 1. The zero-order valence-electron chi connectivity index (χ0n) is 18.1. The minimum absolute atomic E-state index is 0.0182. The van der Waals surface area contributed by atoms with Crippen LogP contribution in [0.2, 0.25) is 18.1 Å². The third kappa shape index (κ3) is 4.67. The van der Waals surface area contributed by atoms with Crippen molar-refractivity contribution in [3.63, 3.8) is 0 Å². The van der Waals surface area contributed by atoms with Crippen LogP contribution in [0.25, 0.3) is 0 Å². The summed E-state index contributed by atoms with van der Waals surface area (Å²) >= 11 is 0. The van der Waals surface area contributed by atoms with Gasteiger partial charge in [0.25, 0.3) is 0 Å². The number of rotatable bonds is 7. The van der Waals surface area contributed by atoms with Crippen LogP contribution in [0.1, 0.15) is 45.6 Å². The summed E-state index contributed by atoms with van der Waals surface area (Å²) < 4.78 is 11.8. The average Bonchev–Trinajstić information content (AvgIpc) is 2.61. The quantitative estimate of drug-likeness (QED) is 0.537. The summed E-state index contributed by atoms with van der Waals surface area (Å²) in [6, 6.07) is 7.55. The number of ether oxygens (including phenoxy) is 1. The van der Waals surface area contributed by atoms with Gasteiger partial charge in [-0.1, -0.05) is 39.0 Å². The molecule has 1 fully saturated rings. The van der Waals surface area contributed by atoms with Gasteiger partial charge in [0.15, 0.2) is 14.0 Å². The van der Waals surface area contributed by atoms with E-state index >= 15 is 0 Å².